The number of ether oxygens (including phenoxy) is 1. The average molecular weight is 328 g/mol. The molecule has 0 radical (unpaired) electrons. The minimum atomic E-state index is 0.839. The Morgan fingerprint density at radius 3 is 1.57 bits per heavy atom. The monoisotopic (exact) mass is 327 g/mol. The van der Waals surface area contributed by atoms with Crippen molar-refractivity contribution in [2.45, 2.75) is 98.8 Å². The first-order chi connectivity index (χ1) is 11.2. The van der Waals surface area contributed by atoms with Gasteiger partial charge in [-0.05, 0) is 31.1 Å². The largest absolute Gasteiger partial charge is 0.366 e. The number of unbranched alkanes of at least 4 members (excludes halogenated alkanes) is 3. The third kappa shape index (κ3) is 12.9. The molecule has 2 nitrogen and oxygen atoms in total. The van der Waals surface area contributed by atoms with Gasteiger partial charge in [0.1, 0.15) is 0 Å². The Hall–Kier alpha value is -0.0800. The van der Waals surface area contributed by atoms with E-state index in [0.717, 1.165) is 25.2 Å². The molecule has 23 heavy (non-hydrogen) atoms. The van der Waals surface area contributed by atoms with Gasteiger partial charge >= 0.3 is 0 Å². The molecule has 0 fully saturated rings. The molecule has 0 saturated carbocycles. The van der Waals surface area contributed by atoms with Crippen LogP contribution in [0.25, 0.3) is 0 Å². The van der Waals surface area contributed by atoms with Gasteiger partial charge < -0.3 is 4.74 Å². The fraction of sp³-hybridized carbons (Fsp3) is 1.00. The van der Waals surface area contributed by atoms with Crippen LogP contribution in [0.1, 0.15) is 98.8 Å². The van der Waals surface area contributed by atoms with E-state index in [1.807, 2.05) is 0 Å². The van der Waals surface area contributed by atoms with Crippen LogP contribution in [0, 0.1) is 11.8 Å². The van der Waals surface area contributed by atoms with Crippen molar-refractivity contribution in [3.63, 3.8) is 0 Å². The van der Waals surface area contributed by atoms with E-state index in [-0.39, 0.29) is 0 Å². The summed E-state index contributed by atoms with van der Waals surface area (Å²) in [6.07, 6.45) is 13.2. The van der Waals surface area contributed by atoms with Gasteiger partial charge in [0.05, 0.1) is 6.73 Å². The Morgan fingerprint density at radius 1 is 0.696 bits per heavy atom. The highest BCUT2D eigenvalue weighted by Gasteiger charge is 2.16. The molecule has 0 aliphatic rings. The lowest BCUT2D eigenvalue weighted by Gasteiger charge is -2.30. The molecule has 0 saturated heterocycles. The van der Waals surface area contributed by atoms with Gasteiger partial charge in [-0.25, -0.2) is 0 Å². The molecule has 0 aliphatic carbocycles. The fourth-order valence-electron chi connectivity index (χ4n) is 3.18. The zero-order valence-corrected chi connectivity index (χ0v) is 16.9. The average Bonchev–Trinajstić information content (AvgIpc) is 2.58. The van der Waals surface area contributed by atoms with Crippen LogP contribution in [0.5, 0.6) is 0 Å². The van der Waals surface area contributed by atoms with E-state index in [1.54, 1.807) is 0 Å². The van der Waals surface area contributed by atoms with E-state index >= 15 is 0 Å². The summed E-state index contributed by atoms with van der Waals surface area (Å²) in [5.41, 5.74) is 0. The summed E-state index contributed by atoms with van der Waals surface area (Å²) in [4.78, 5) is 2.61. The maximum atomic E-state index is 5.96. The molecule has 0 bridgehead atoms. The van der Waals surface area contributed by atoms with Crippen LogP contribution >= 0.6 is 0 Å². The van der Waals surface area contributed by atoms with Crippen LogP contribution in [0.4, 0.5) is 0 Å². The van der Waals surface area contributed by atoms with Crippen LogP contribution in [-0.2, 0) is 4.74 Å². The summed E-state index contributed by atoms with van der Waals surface area (Å²) >= 11 is 0. The van der Waals surface area contributed by atoms with Gasteiger partial charge in [0.2, 0.25) is 0 Å². The van der Waals surface area contributed by atoms with Crippen molar-refractivity contribution in [2.24, 2.45) is 11.8 Å². The predicted octanol–water partition coefficient (Wildman–Crippen LogP) is 6.50. The summed E-state index contributed by atoms with van der Waals surface area (Å²) in [5.74, 6) is 1.68. The molecule has 0 aliphatic heterocycles. The Morgan fingerprint density at radius 2 is 1.17 bits per heavy atom. The maximum Gasteiger partial charge on any atom is 0.0990 e. The summed E-state index contributed by atoms with van der Waals surface area (Å²) in [7, 11) is 0. The highest BCUT2D eigenvalue weighted by molar-refractivity contribution is 4.68. The summed E-state index contributed by atoms with van der Waals surface area (Å²) in [5, 5.41) is 0. The molecule has 0 amide bonds. The Kier molecular flexibility index (Phi) is 16.7. The van der Waals surface area contributed by atoms with E-state index < -0.39 is 0 Å². The van der Waals surface area contributed by atoms with Crippen molar-refractivity contribution >= 4 is 0 Å². The molecule has 140 valence electrons. The third-order valence-electron chi connectivity index (χ3n) is 5.04. The smallest absolute Gasteiger partial charge is 0.0990 e. The quantitative estimate of drug-likeness (QED) is 0.223. The minimum absolute atomic E-state index is 0.839. The highest BCUT2D eigenvalue weighted by atomic mass is 16.5. The van der Waals surface area contributed by atoms with Gasteiger partial charge in [-0.15, -0.1) is 0 Å². The molecular formula is C21H45NO. The topological polar surface area (TPSA) is 12.5 Å². The lowest BCUT2D eigenvalue weighted by molar-refractivity contribution is 0.00854. The van der Waals surface area contributed by atoms with Gasteiger partial charge in [0.25, 0.3) is 0 Å². The number of hydrogen-bond donors (Lipinski definition) is 0. The van der Waals surface area contributed by atoms with E-state index in [0.29, 0.717) is 0 Å². The van der Waals surface area contributed by atoms with E-state index in [2.05, 4.69) is 39.5 Å². The first-order valence-corrected chi connectivity index (χ1v) is 10.5. The summed E-state index contributed by atoms with van der Waals surface area (Å²) in [6.45, 7) is 15.8. The maximum absolute atomic E-state index is 5.96. The van der Waals surface area contributed by atoms with Crippen LogP contribution in [0.3, 0.4) is 0 Å². The second-order valence-corrected chi connectivity index (χ2v) is 7.26. The molecule has 0 heterocycles. The number of hydrogen-bond acceptors (Lipinski definition) is 2. The SMILES string of the molecule is CCCCOCN(C[C@H](CC)CCCC)C[C@H](CC)CCCC. The minimum Gasteiger partial charge on any atom is -0.366 e. The van der Waals surface area contributed by atoms with Crippen molar-refractivity contribution < 1.29 is 4.74 Å². The second-order valence-electron chi connectivity index (χ2n) is 7.26. The molecule has 2 atom stereocenters. The van der Waals surface area contributed by atoms with Crippen molar-refractivity contribution in [1.29, 1.82) is 0 Å². The molecule has 0 aromatic heterocycles. The van der Waals surface area contributed by atoms with E-state index in [9.17, 15) is 0 Å². The Bertz CT molecular complexity index is 214. The second kappa shape index (κ2) is 16.8. The lowest BCUT2D eigenvalue weighted by Crippen LogP contribution is -2.36. The van der Waals surface area contributed by atoms with Crippen molar-refractivity contribution in [3.05, 3.63) is 0 Å². The van der Waals surface area contributed by atoms with Gasteiger partial charge in [-0.2, -0.15) is 0 Å². The molecule has 0 rings (SSSR count). The van der Waals surface area contributed by atoms with Crippen molar-refractivity contribution in [2.75, 3.05) is 26.4 Å². The molecular weight excluding hydrogens is 282 g/mol. The fourth-order valence-corrected chi connectivity index (χ4v) is 3.18. The van der Waals surface area contributed by atoms with Crippen LogP contribution in [-0.4, -0.2) is 31.3 Å². The number of rotatable bonds is 17. The molecule has 0 unspecified atom stereocenters. The molecule has 0 spiro atoms. The normalized spacial score (nSPS) is 14.3. The predicted molar refractivity (Wildman–Crippen MR) is 104 cm³/mol. The molecule has 0 aromatic rings. The zero-order chi connectivity index (χ0) is 17.3. The van der Waals surface area contributed by atoms with Gasteiger partial charge in [-0.1, -0.05) is 79.6 Å². The van der Waals surface area contributed by atoms with Crippen molar-refractivity contribution in [3.8, 4) is 0 Å². The highest BCUT2D eigenvalue weighted by Crippen LogP contribution is 2.19. The lowest BCUT2D eigenvalue weighted by atomic mass is 9.96. The van der Waals surface area contributed by atoms with Crippen LogP contribution in [0.2, 0.25) is 0 Å². The first-order valence-electron chi connectivity index (χ1n) is 10.5. The van der Waals surface area contributed by atoms with Gasteiger partial charge in [0, 0.05) is 19.7 Å². The third-order valence-corrected chi connectivity index (χ3v) is 5.04. The van der Waals surface area contributed by atoms with Crippen LogP contribution < -0.4 is 0 Å². The first kappa shape index (κ1) is 22.9. The molecule has 2 heteroatoms. The number of nitrogens with zero attached hydrogens (tertiary/aromatic N) is 1. The summed E-state index contributed by atoms with van der Waals surface area (Å²) in [6, 6.07) is 0. The Balaban J connectivity index is 4.44. The van der Waals surface area contributed by atoms with Crippen molar-refractivity contribution in [1.82, 2.24) is 4.90 Å². The molecule has 0 N–H and O–H groups in total. The van der Waals surface area contributed by atoms with Gasteiger partial charge in [0.15, 0.2) is 0 Å². The zero-order valence-electron chi connectivity index (χ0n) is 16.9. The van der Waals surface area contributed by atoms with Gasteiger partial charge in [-0.3, -0.25) is 4.90 Å². The Labute approximate surface area is 147 Å². The standard InChI is InChI=1S/C21H45NO/c1-6-11-14-20(9-4)17-22(19-23-16-13-8-3)18-21(10-5)15-12-7-2/h20-21H,6-19H2,1-5H3/t20-,21-/m1/s1. The molecule has 0 aromatic carbocycles. The van der Waals surface area contributed by atoms with Crippen LogP contribution in [0.15, 0.2) is 0 Å². The van der Waals surface area contributed by atoms with E-state index in [1.165, 1.54) is 77.3 Å². The summed E-state index contributed by atoms with van der Waals surface area (Å²) < 4.78 is 5.96. The van der Waals surface area contributed by atoms with E-state index in [4.69, 9.17) is 4.74 Å².